The minimum absolute atomic E-state index is 1.15. The summed E-state index contributed by atoms with van der Waals surface area (Å²) in [6.45, 7) is 13.4. The van der Waals surface area contributed by atoms with Gasteiger partial charge in [0.05, 0.1) is 11.4 Å². The van der Waals surface area contributed by atoms with Crippen LogP contribution < -0.4 is 9.80 Å². The molecule has 0 aliphatic heterocycles. The molecule has 10 aromatic carbocycles. The number of anilines is 6. The van der Waals surface area contributed by atoms with E-state index in [2.05, 4.69) is 245 Å². The molecule has 0 N–H and O–H groups in total. The van der Waals surface area contributed by atoms with Gasteiger partial charge in [-0.15, -0.1) is 0 Å². The highest BCUT2D eigenvalue weighted by Gasteiger charge is 2.26. The molecule has 10 aromatic rings. The first-order valence-electron chi connectivity index (χ1n) is 22.4. The van der Waals surface area contributed by atoms with Crippen LogP contribution in [0.25, 0.3) is 66.1 Å². The normalized spacial score (nSPS) is 11.6. The fourth-order valence-corrected chi connectivity index (χ4v) is 10.1. The van der Waals surface area contributed by atoms with Gasteiger partial charge in [0, 0.05) is 22.7 Å². The maximum atomic E-state index is 2.48. The first kappa shape index (κ1) is 39.2. The van der Waals surface area contributed by atoms with Crippen molar-refractivity contribution < 1.29 is 0 Å². The van der Waals surface area contributed by atoms with Crippen LogP contribution in [0, 0.1) is 41.5 Å². The van der Waals surface area contributed by atoms with Crippen molar-refractivity contribution in [3.05, 3.63) is 228 Å². The second kappa shape index (κ2) is 15.6. The van der Waals surface area contributed by atoms with Crippen LogP contribution in [-0.2, 0) is 0 Å². The van der Waals surface area contributed by atoms with Gasteiger partial charge in [0.1, 0.15) is 0 Å². The zero-order valence-corrected chi connectivity index (χ0v) is 37.4. The second-order valence-electron chi connectivity index (χ2n) is 17.7. The van der Waals surface area contributed by atoms with E-state index in [1.54, 1.807) is 0 Å². The predicted molar refractivity (Wildman–Crippen MR) is 275 cm³/mol. The summed E-state index contributed by atoms with van der Waals surface area (Å²) in [4.78, 5) is 4.96. The fourth-order valence-electron chi connectivity index (χ4n) is 10.1. The minimum atomic E-state index is 1.15. The monoisotopic (exact) mass is 822 g/mol. The molecule has 11 rings (SSSR count). The van der Waals surface area contributed by atoms with Crippen LogP contribution >= 0.6 is 0 Å². The molecule has 0 radical (unpaired) electrons. The van der Waals surface area contributed by atoms with Crippen LogP contribution in [0.4, 0.5) is 34.1 Å². The van der Waals surface area contributed by atoms with Gasteiger partial charge in [0.15, 0.2) is 0 Å². The summed E-state index contributed by atoms with van der Waals surface area (Å²) < 4.78 is 0. The first-order valence-corrected chi connectivity index (χ1v) is 22.4. The number of aryl methyl sites for hydroxylation is 6. The van der Waals surface area contributed by atoms with Crippen molar-refractivity contribution in [2.45, 2.75) is 41.5 Å². The lowest BCUT2D eigenvalue weighted by atomic mass is 9.78. The molecule has 0 saturated heterocycles. The summed E-state index contributed by atoms with van der Waals surface area (Å²) in [5, 5.41) is 4.96. The number of hydrogen-bond donors (Lipinski definition) is 0. The smallest absolute Gasteiger partial charge is 0.0520 e. The van der Waals surface area contributed by atoms with Gasteiger partial charge in [-0.25, -0.2) is 0 Å². The highest BCUT2D eigenvalue weighted by Crippen LogP contribution is 2.52. The average Bonchev–Trinajstić information content (AvgIpc) is 3.31. The number of hydrogen-bond acceptors (Lipinski definition) is 2. The quantitative estimate of drug-likeness (QED) is 0.151. The number of benzene rings is 10. The highest BCUT2D eigenvalue weighted by atomic mass is 15.2. The van der Waals surface area contributed by atoms with Crippen LogP contribution in [0.2, 0.25) is 0 Å². The summed E-state index contributed by atoms with van der Waals surface area (Å²) in [6, 6.07) is 72.0. The molecule has 0 heterocycles. The Morgan fingerprint density at radius 2 is 0.609 bits per heavy atom. The predicted octanol–water partition coefficient (Wildman–Crippen LogP) is 17.8. The molecule has 0 amide bonds. The fraction of sp³-hybridized carbons (Fsp3) is 0.0968. The Balaban J connectivity index is 1.02. The summed E-state index contributed by atoms with van der Waals surface area (Å²) in [6.07, 6.45) is 0. The maximum absolute atomic E-state index is 2.48. The van der Waals surface area contributed by atoms with Gasteiger partial charge < -0.3 is 9.80 Å². The molecule has 0 aromatic heterocycles. The lowest BCUT2D eigenvalue weighted by Crippen LogP contribution is -2.14. The SMILES string of the molecule is Cc1ccc(-c2ccccc2)cc1N(c1ccc2cc3c(cc2c1)-c1cc2cc(N(c4cc(-c5ccccc5)ccc4C)c4c(C)cccc4C)ccc2cc1-3)c1c(C)cccc1C. The molecule has 64 heavy (non-hydrogen) atoms. The molecule has 0 unspecified atom stereocenters. The van der Waals surface area contributed by atoms with Crippen LogP contribution in [0.5, 0.6) is 0 Å². The van der Waals surface area contributed by atoms with Crippen molar-refractivity contribution in [1.82, 2.24) is 0 Å². The number of rotatable bonds is 8. The Morgan fingerprint density at radius 3 is 0.984 bits per heavy atom. The third kappa shape index (κ3) is 6.66. The summed E-state index contributed by atoms with van der Waals surface area (Å²) in [5.74, 6) is 0. The molecular formula is C62H50N2. The van der Waals surface area contributed by atoms with Crippen molar-refractivity contribution in [1.29, 1.82) is 0 Å². The Hall–Kier alpha value is -7.68. The molecule has 2 nitrogen and oxygen atoms in total. The molecule has 0 fully saturated rings. The van der Waals surface area contributed by atoms with Gasteiger partial charge in [0.2, 0.25) is 0 Å². The molecule has 0 saturated carbocycles. The van der Waals surface area contributed by atoms with E-state index in [9.17, 15) is 0 Å². The van der Waals surface area contributed by atoms with Crippen molar-refractivity contribution in [3.8, 4) is 44.5 Å². The zero-order chi connectivity index (χ0) is 43.6. The van der Waals surface area contributed by atoms with Gasteiger partial charge in [-0.3, -0.25) is 0 Å². The lowest BCUT2D eigenvalue weighted by Gasteiger charge is -2.31. The first-order chi connectivity index (χ1) is 31.2. The average molecular weight is 823 g/mol. The van der Waals surface area contributed by atoms with Crippen LogP contribution in [0.15, 0.2) is 194 Å². The third-order valence-corrected chi connectivity index (χ3v) is 13.5. The van der Waals surface area contributed by atoms with Gasteiger partial charge >= 0.3 is 0 Å². The van der Waals surface area contributed by atoms with Gasteiger partial charge in [-0.05, 0) is 202 Å². The van der Waals surface area contributed by atoms with Crippen LogP contribution in [0.1, 0.15) is 33.4 Å². The van der Waals surface area contributed by atoms with E-state index < -0.39 is 0 Å². The lowest BCUT2D eigenvalue weighted by molar-refractivity contribution is 1.20. The topological polar surface area (TPSA) is 6.48 Å². The molecule has 0 atom stereocenters. The Kier molecular flexibility index (Phi) is 9.55. The van der Waals surface area contributed by atoms with Crippen LogP contribution in [-0.4, -0.2) is 0 Å². The number of fused-ring (bicyclic) bond motifs is 6. The van der Waals surface area contributed by atoms with E-state index in [-0.39, 0.29) is 0 Å². The molecular weight excluding hydrogens is 773 g/mol. The summed E-state index contributed by atoms with van der Waals surface area (Å²) in [7, 11) is 0. The van der Waals surface area contributed by atoms with E-state index in [1.807, 2.05) is 0 Å². The maximum Gasteiger partial charge on any atom is 0.0520 e. The van der Waals surface area contributed by atoms with E-state index >= 15 is 0 Å². The van der Waals surface area contributed by atoms with Crippen molar-refractivity contribution >= 4 is 55.7 Å². The van der Waals surface area contributed by atoms with Crippen LogP contribution in [0.3, 0.4) is 0 Å². The van der Waals surface area contributed by atoms with Gasteiger partial charge in [0.25, 0.3) is 0 Å². The zero-order valence-electron chi connectivity index (χ0n) is 37.4. The van der Waals surface area contributed by atoms with Crippen molar-refractivity contribution in [3.63, 3.8) is 0 Å². The number of para-hydroxylation sites is 2. The molecule has 1 aliphatic carbocycles. The molecule has 1 aliphatic rings. The van der Waals surface area contributed by atoms with E-state index in [1.165, 1.54) is 122 Å². The highest BCUT2D eigenvalue weighted by molar-refractivity contribution is 6.12. The molecule has 2 heteroatoms. The van der Waals surface area contributed by atoms with Crippen molar-refractivity contribution in [2.75, 3.05) is 9.80 Å². The van der Waals surface area contributed by atoms with E-state index in [4.69, 9.17) is 0 Å². The second-order valence-corrected chi connectivity index (χ2v) is 17.7. The summed E-state index contributed by atoms with van der Waals surface area (Å²) in [5.41, 5.74) is 24.7. The van der Waals surface area contributed by atoms with Gasteiger partial charge in [-0.2, -0.15) is 0 Å². The minimum Gasteiger partial charge on any atom is -0.310 e. The largest absolute Gasteiger partial charge is 0.310 e. The van der Waals surface area contributed by atoms with Crippen molar-refractivity contribution in [2.24, 2.45) is 0 Å². The third-order valence-electron chi connectivity index (χ3n) is 13.5. The number of nitrogens with zero attached hydrogens (tertiary/aromatic N) is 2. The molecule has 308 valence electrons. The van der Waals surface area contributed by atoms with E-state index in [0.29, 0.717) is 0 Å². The Morgan fingerprint density at radius 1 is 0.250 bits per heavy atom. The molecule has 0 bridgehead atoms. The Bertz CT molecular complexity index is 3180. The molecule has 0 spiro atoms. The standard InChI is InChI=1S/C62H50N2/c1-39-23-25-49(45-19-9-7-10-20-45)37-59(39)63(61-41(3)15-13-16-42(61)4)53-29-27-47-33-55-56-34-48-28-30-54(32-52(48)36-58(56)57(55)35-51(47)31-53)64(62-43(5)17-14-18-44(62)6)60-38-50(26-24-40(60)2)46-21-11-8-12-22-46/h7-38H,1-6H3. The van der Waals surface area contributed by atoms with Gasteiger partial charge in [-0.1, -0.05) is 133 Å². The summed E-state index contributed by atoms with van der Waals surface area (Å²) >= 11 is 0. The van der Waals surface area contributed by atoms with E-state index in [0.717, 1.165) is 11.4 Å². The Labute approximate surface area is 377 Å².